The van der Waals surface area contributed by atoms with E-state index < -0.39 is 12.8 Å². The summed E-state index contributed by atoms with van der Waals surface area (Å²) in [4.78, 5) is 7.50. The van der Waals surface area contributed by atoms with Crippen LogP contribution in [0.1, 0.15) is 16.7 Å². The SMILES string of the molecule is CN=C(NCCc1c[nH]c2ccccc12)NCc1ccc(COCC(F)(F)F)cc1.I. The highest BCUT2D eigenvalue weighted by Gasteiger charge is 2.27. The summed E-state index contributed by atoms with van der Waals surface area (Å²) in [6.07, 6.45) is -1.42. The van der Waals surface area contributed by atoms with Gasteiger partial charge in [0.15, 0.2) is 5.96 Å². The molecule has 1 aromatic heterocycles. The van der Waals surface area contributed by atoms with Crippen molar-refractivity contribution >= 4 is 40.8 Å². The molecule has 0 saturated heterocycles. The first-order valence-electron chi connectivity index (χ1n) is 9.66. The van der Waals surface area contributed by atoms with Gasteiger partial charge in [0, 0.05) is 37.2 Å². The number of halogens is 4. The number of benzene rings is 2. The fourth-order valence-corrected chi connectivity index (χ4v) is 3.10. The van der Waals surface area contributed by atoms with E-state index in [0.717, 1.165) is 24.0 Å². The van der Waals surface area contributed by atoms with Gasteiger partial charge in [-0.05, 0) is 29.2 Å². The third-order valence-corrected chi connectivity index (χ3v) is 4.60. The van der Waals surface area contributed by atoms with E-state index in [9.17, 15) is 13.2 Å². The number of para-hydroxylation sites is 1. The first kappa shape index (κ1) is 25.0. The molecule has 0 spiro atoms. The van der Waals surface area contributed by atoms with Crippen molar-refractivity contribution < 1.29 is 17.9 Å². The summed E-state index contributed by atoms with van der Waals surface area (Å²) in [7, 11) is 1.71. The van der Waals surface area contributed by atoms with Gasteiger partial charge in [0.1, 0.15) is 6.61 Å². The molecule has 0 unspecified atom stereocenters. The zero-order valence-electron chi connectivity index (χ0n) is 17.1. The van der Waals surface area contributed by atoms with Crippen LogP contribution in [0.25, 0.3) is 10.9 Å². The van der Waals surface area contributed by atoms with E-state index in [1.54, 1.807) is 19.2 Å². The minimum absolute atomic E-state index is 0. The Morgan fingerprint density at radius 2 is 1.74 bits per heavy atom. The quantitative estimate of drug-likeness (QED) is 0.217. The molecule has 9 heteroatoms. The molecule has 168 valence electrons. The number of H-pyrrole nitrogens is 1. The predicted molar refractivity (Wildman–Crippen MR) is 128 cm³/mol. The minimum atomic E-state index is -4.30. The Kier molecular flexibility index (Phi) is 9.63. The summed E-state index contributed by atoms with van der Waals surface area (Å²) in [6, 6.07) is 15.4. The zero-order chi connectivity index (χ0) is 21.4. The maximum Gasteiger partial charge on any atom is 0.411 e. The average molecular weight is 546 g/mol. The van der Waals surface area contributed by atoms with Crippen molar-refractivity contribution in [2.45, 2.75) is 25.7 Å². The lowest BCUT2D eigenvalue weighted by atomic mass is 10.1. The molecule has 5 nitrogen and oxygen atoms in total. The Morgan fingerprint density at radius 3 is 2.45 bits per heavy atom. The summed E-state index contributed by atoms with van der Waals surface area (Å²) in [5.74, 6) is 0.687. The smallest absolute Gasteiger partial charge is 0.367 e. The number of hydrogen-bond donors (Lipinski definition) is 3. The van der Waals surface area contributed by atoms with Crippen molar-refractivity contribution in [1.82, 2.24) is 15.6 Å². The number of guanidine groups is 1. The molecule has 0 aliphatic carbocycles. The molecule has 3 aromatic rings. The van der Waals surface area contributed by atoms with Crippen LogP contribution in [0.3, 0.4) is 0 Å². The van der Waals surface area contributed by atoms with Crippen molar-refractivity contribution in [3.63, 3.8) is 0 Å². The number of nitrogens with zero attached hydrogens (tertiary/aromatic N) is 1. The van der Waals surface area contributed by atoms with Gasteiger partial charge in [0.05, 0.1) is 6.61 Å². The lowest BCUT2D eigenvalue weighted by molar-refractivity contribution is -0.176. The Bertz CT molecular complexity index is 971. The van der Waals surface area contributed by atoms with Crippen LogP contribution in [0.15, 0.2) is 59.7 Å². The monoisotopic (exact) mass is 546 g/mol. The molecule has 0 aliphatic heterocycles. The first-order chi connectivity index (χ1) is 14.4. The maximum atomic E-state index is 12.1. The lowest BCUT2D eigenvalue weighted by Crippen LogP contribution is -2.37. The molecule has 0 amide bonds. The first-order valence-corrected chi connectivity index (χ1v) is 9.66. The maximum absolute atomic E-state index is 12.1. The molecule has 2 aromatic carbocycles. The van der Waals surface area contributed by atoms with Gasteiger partial charge in [-0.3, -0.25) is 4.99 Å². The van der Waals surface area contributed by atoms with E-state index in [0.29, 0.717) is 18.1 Å². The highest BCUT2D eigenvalue weighted by atomic mass is 127. The van der Waals surface area contributed by atoms with E-state index >= 15 is 0 Å². The number of alkyl halides is 3. The fourth-order valence-electron chi connectivity index (χ4n) is 3.10. The fraction of sp³-hybridized carbons (Fsp3) is 0.318. The van der Waals surface area contributed by atoms with E-state index in [1.807, 2.05) is 30.5 Å². The summed E-state index contributed by atoms with van der Waals surface area (Å²) in [5.41, 5.74) is 4.07. The van der Waals surface area contributed by atoms with Gasteiger partial charge in [0.2, 0.25) is 0 Å². The van der Waals surface area contributed by atoms with E-state index in [2.05, 4.69) is 37.5 Å². The number of hydrogen-bond acceptors (Lipinski definition) is 2. The van der Waals surface area contributed by atoms with Crippen molar-refractivity contribution in [3.8, 4) is 0 Å². The van der Waals surface area contributed by atoms with E-state index in [1.165, 1.54) is 10.9 Å². The average Bonchev–Trinajstić information content (AvgIpc) is 3.14. The van der Waals surface area contributed by atoms with Gasteiger partial charge in [-0.2, -0.15) is 13.2 Å². The third-order valence-electron chi connectivity index (χ3n) is 4.60. The number of aliphatic imine (C=N–C) groups is 1. The standard InChI is InChI=1S/C22H25F3N4O.HI/c1-26-21(27-11-10-18-13-28-20-5-3-2-4-19(18)20)29-12-16-6-8-17(9-7-16)14-30-15-22(23,24)25;/h2-9,13,28H,10-12,14-15H2,1H3,(H2,26,27,29);1H. The van der Waals surface area contributed by atoms with Crippen LogP contribution in [-0.4, -0.2) is 37.3 Å². The van der Waals surface area contributed by atoms with Gasteiger partial charge in [-0.1, -0.05) is 42.5 Å². The van der Waals surface area contributed by atoms with Crippen LogP contribution in [-0.2, 0) is 24.3 Å². The molecule has 3 N–H and O–H groups in total. The Morgan fingerprint density at radius 1 is 1.03 bits per heavy atom. The topological polar surface area (TPSA) is 61.4 Å². The second-order valence-corrected chi connectivity index (χ2v) is 6.89. The Hall–Kier alpha value is -2.27. The summed E-state index contributed by atoms with van der Waals surface area (Å²) < 4.78 is 41.0. The van der Waals surface area contributed by atoms with Gasteiger partial charge in [0.25, 0.3) is 0 Å². The summed E-state index contributed by atoms with van der Waals surface area (Å²) >= 11 is 0. The number of rotatable bonds is 8. The van der Waals surface area contributed by atoms with Crippen LogP contribution in [0.4, 0.5) is 13.2 Å². The molecule has 31 heavy (non-hydrogen) atoms. The van der Waals surface area contributed by atoms with E-state index in [-0.39, 0.29) is 30.6 Å². The molecule has 3 rings (SSSR count). The Labute approximate surface area is 196 Å². The number of fused-ring (bicyclic) bond motifs is 1. The lowest BCUT2D eigenvalue weighted by Gasteiger charge is -2.12. The third kappa shape index (κ3) is 8.06. The largest absolute Gasteiger partial charge is 0.411 e. The van der Waals surface area contributed by atoms with Crippen LogP contribution in [0.2, 0.25) is 0 Å². The van der Waals surface area contributed by atoms with Gasteiger partial charge < -0.3 is 20.4 Å². The van der Waals surface area contributed by atoms with Gasteiger partial charge >= 0.3 is 6.18 Å². The van der Waals surface area contributed by atoms with Gasteiger partial charge in [-0.15, -0.1) is 24.0 Å². The predicted octanol–water partition coefficient (Wildman–Crippen LogP) is 4.77. The van der Waals surface area contributed by atoms with Crippen LogP contribution < -0.4 is 10.6 Å². The molecule has 1 heterocycles. The zero-order valence-corrected chi connectivity index (χ0v) is 19.5. The van der Waals surface area contributed by atoms with Crippen molar-refractivity contribution in [2.75, 3.05) is 20.2 Å². The number of aromatic nitrogens is 1. The molecule has 0 radical (unpaired) electrons. The molecule has 0 saturated carbocycles. The second kappa shape index (κ2) is 11.9. The highest BCUT2D eigenvalue weighted by molar-refractivity contribution is 14.0. The minimum Gasteiger partial charge on any atom is -0.367 e. The van der Waals surface area contributed by atoms with Crippen molar-refractivity contribution in [3.05, 3.63) is 71.4 Å². The van der Waals surface area contributed by atoms with Crippen LogP contribution in [0.5, 0.6) is 0 Å². The van der Waals surface area contributed by atoms with Crippen LogP contribution >= 0.6 is 24.0 Å². The molecular weight excluding hydrogens is 520 g/mol. The normalized spacial score (nSPS) is 11.9. The van der Waals surface area contributed by atoms with Crippen molar-refractivity contribution in [2.24, 2.45) is 4.99 Å². The molecule has 0 aliphatic rings. The summed E-state index contributed by atoms with van der Waals surface area (Å²) in [6.45, 7) is -0.0193. The molecule has 0 fully saturated rings. The Balaban J connectivity index is 0.00000341. The number of ether oxygens (including phenoxy) is 1. The highest BCUT2D eigenvalue weighted by Crippen LogP contribution is 2.18. The molecular formula is C22H26F3IN4O. The number of aromatic amines is 1. The molecule has 0 bridgehead atoms. The van der Waals surface area contributed by atoms with Crippen molar-refractivity contribution in [1.29, 1.82) is 0 Å². The summed E-state index contributed by atoms with van der Waals surface area (Å²) in [5, 5.41) is 7.75. The van der Waals surface area contributed by atoms with Gasteiger partial charge in [-0.25, -0.2) is 0 Å². The van der Waals surface area contributed by atoms with E-state index in [4.69, 9.17) is 0 Å². The second-order valence-electron chi connectivity index (χ2n) is 6.89. The van der Waals surface area contributed by atoms with Crippen LogP contribution in [0, 0.1) is 0 Å². The molecule has 0 atom stereocenters. The number of nitrogens with one attached hydrogen (secondary N) is 3.